The minimum Gasteiger partial charge on any atom is -0.445 e. The van der Waals surface area contributed by atoms with Crippen molar-refractivity contribution in [3.05, 3.63) is 41.4 Å². The van der Waals surface area contributed by atoms with Crippen molar-refractivity contribution in [1.29, 1.82) is 0 Å². The highest BCUT2D eigenvalue weighted by molar-refractivity contribution is 6.27. The van der Waals surface area contributed by atoms with Crippen molar-refractivity contribution in [2.75, 3.05) is 0 Å². The second-order valence-corrected chi connectivity index (χ2v) is 3.57. The van der Waals surface area contributed by atoms with Gasteiger partial charge in [0, 0.05) is 0 Å². The van der Waals surface area contributed by atoms with Gasteiger partial charge >= 0.3 is 12.3 Å². The molecule has 0 spiro atoms. The molecule has 0 fully saturated rings. The van der Waals surface area contributed by atoms with Gasteiger partial charge in [-0.05, 0) is 12.5 Å². The molecule has 0 saturated carbocycles. The second kappa shape index (κ2) is 6.98. The fraction of sp³-hybridized carbons (Fsp3) is 0.250. The summed E-state index contributed by atoms with van der Waals surface area (Å²) in [6.45, 7) is 1.59. The van der Waals surface area contributed by atoms with Gasteiger partial charge < -0.3 is 15.6 Å². The van der Waals surface area contributed by atoms with Crippen LogP contribution in [0.25, 0.3) is 5.53 Å². The number of rotatable bonds is 5. The van der Waals surface area contributed by atoms with Crippen molar-refractivity contribution >= 4 is 18.1 Å². The van der Waals surface area contributed by atoms with Crippen LogP contribution in [-0.4, -0.2) is 28.9 Å². The van der Waals surface area contributed by atoms with Gasteiger partial charge in [-0.25, -0.2) is 4.79 Å². The Morgan fingerprint density at radius 3 is 2.72 bits per heavy atom. The molecule has 1 aromatic carbocycles. The predicted molar refractivity (Wildman–Crippen MR) is 63.9 cm³/mol. The average Bonchev–Trinajstić information content (AvgIpc) is 2.38. The Morgan fingerprint density at radius 2 is 2.11 bits per heavy atom. The maximum atomic E-state index is 11.3. The third-order valence-corrected chi connectivity index (χ3v) is 2.16. The summed E-state index contributed by atoms with van der Waals surface area (Å²) < 4.78 is 4.92. The number of carbonyl (C=O) groups is 2. The first kappa shape index (κ1) is 13.6. The summed E-state index contributed by atoms with van der Waals surface area (Å²) in [5.74, 6) is -0.519. The van der Waals surface area contributed by atoms with E-state index in [-0.39, 0.29) is 6.61 Å². The number of amides is 1. The van der Waals surface area contributed by atoms with Crippen LogP contribution in [0.1, 0.15) is 12.5 Å². The van der Waals surface area contributed by atoms with Crippen molar-refractivity contribution in [3.8, 4) is 0 Å². The van der Waals surface area contributed by atoms with E-state index in [4.69, 9.17) is 10.3 Å². The average molecular weight is 247 g/mol. The molecule has 0 aliphatic carbocycles. The standard InChI is InChI=1S/C12H13N3O3/c1-9(11(16)7-14-13)15-12(17)18-8-10-5-3-2-4-6-10/h2-7,9H,8H2,1H3,(H,15,17)/t9-/m0/s1. The van der Waals surface area contributed by atoms with E-state index in [1.165, 1.54) is 6.92 Å². The fourth-order valence-corrected chi connectivity index (χ4v) is 1.18. The van der Waals surface area contributed by atoms with Crippen LogP contribution in [-0.2, 0) is 16.1 Å². The molecule has 1 atom stereocenters. The first-order chi connectivity index (χ1) is 8.63. The topological polar surface area (TPSA) is 91.8 Å². The van der Waals surface area contributed by atoms with E-state index in [9.17, 15) is 9.59 Å². The van der Waals surface area contributed by atoms with Crippen LogP contribution < -0.4 is 5.32 Å². The lowest BCUT2D eigenvalue weighted by molar-refractivity contribution is -0.117. The Morgan fingerprint density at radius 1 is 1.44 bits per heavy atom. The van der Waals surface area contributed by atoms with Gasteiger partial charge in [-0.3, -0.25) is 4.79 Å². The van der Waals surface area contributed by atoms with Crippen molar-refractivity contribution in [2.24, 2.45) is 0 Å². The van der Waals surface area contributed by atoms with Gasteiger partial charge in [0.2, 0.25) is 0 Å². The number of hydrogen-bond acceptors (Lipinski definition) is 3. The zero-order valence-corrected chi connectivity index (χ0v) is 9.87. The van der Waals surface area contributed by atoms with E-state index in [0.29, 0.717) is 0 Å². The highest BCUT2D eigenvalue weighted by Gasteiger charge is 2.17. The van der Waals surface area contributed by atoms with E-state index < -0.39 is 17.9 Å². The summed E-state index contributed by atoms with van der Waals surface area (Å²) >= 11 is 0. The molecule has 94 valence electrons. The van der Waals surface area contributed by atoms with Gasteiger partial charge in [0.15, 0.2) is 0 Å². The lowest BCUT2D eigenvalue weighted by atomic mass is 10.2. The zero-order chi connectivity index (χ0) is 13.4. The molecule has 0 saturated heterocycles. The number of nitrogens with one attached hydrogen (secondary N) is 1. The molecule has 0 radical (unpaired) electrons. The minimum absolute atomic E-state index is 0.127. The molecule has 0 aliphatic rings. The predicted octanol–water partition coefficient (Wildman–Crippen LogP) is 1.17. The molecular formula is C12H13N3O3. The van der Waals surface area contributed by atoms with Crippen LogP contribution >= 0.6 is 0 Å². The van der Waals surface area contributed by atoms with Crippen molar-refractivity contribution in [2.45, 2.75) is 19.6 Å². The molecule has 18 heavy (non-hydrogen) atoms. The normalized spacial score (nSPS) is 10.9. The van der Waals surface area contributed by atoms with Gasteiger partial charge in [-0.15, -0.1) is 0 Å². The van der Waals surface area contributed by atoms with Crippen LogP contribution in [0.3, 0.4) is 0 Å². The summed E-state index contributed by atoms with van der Waals surface area (Å²) in [5.41, 5.74) is 9.03. The maximum absolute atomic E-state index is 11.3. The molecule has 1 N–H and O–H groups in total. The Balaban J connectivity index is 2.38. The first-order valence-corrected chi connectivity index (χ1v) is 5.32. The van der Waals surface area contributed by atoms with Gasteiger partial charge in [0.1, 0.15) is 6.61 Å². The van der Waals surface area contributed by atoms with Crippen LogP contribution in [0.15, 0.2) is 30.3 Å². The van der Waals surface area contributed by atoms with Gasteiger partial charge in [0.25, 0.3) is 5.78 Å². The first-order valence-electron chi connectivity index (χ1n) is 5.32. The van der Waals surface area contributed by atoms with Crippen molar-refractivity contribution < 1.29 is 19.1 Å². The number of nitrogens with zero attached hydrogens (tertiary/aromatic N) is 2. The van der Waals surface area contributed by atoms with Crippen molar-refractivity contribution in [1.82, 2.24) is 5.32 Å². The number of Topliss-reactive ketones (excluding diaryl/α,β-unsaturated/α-hetero) is 1. The summed E-state index contributed by atoms with van der Waals surface area (Å²) in [6, 6.07) is 8.36. The van der Waals surface area contributed by atoms with E-state index in [2.05, 4.69) is 10.1 Å². The number of hydrogen-bond donors (Lipinski definition) is 1. The molecule has 0 unspecified atom stereocenters. The molecule has 0 aromatic heterocycles. The van der Waals surface area contributed by atoms with E-state index in [1.54, 1.807) is 0 Å². The monoisotopic (exact) mass is 247 g/mol. The summed E-state index contributed by atoms with van der Waals surface area (Å²) in [5, 5.41) is 2.32. The van der Waals surface area contributed by atoms with E-state index in [0.717, 1.165) is 11.8 Å². The summed E-state index contributed by atoms with van der Waals surface area (Å²) in [4.78, 5) is 25.1. The summed E-state index contributed by atoms with van der Waals surface area (Å²) in [7, 11) is 0. The maximum Gasteiger partial charge on any atom is 0.408 e. The SMILES string of the molecule is C[C@H](NC(=O)OCc1ccccc1)C(=O)C=[N+]=[N-]. The number of ether oxygens (including phenoxy) is 1. The fourth-order valence-electron chi connectivity index (χ4n) is 1.18. The lowest BCUT2D eigenvalue weighted by Gasteiger charge is -2.09. The highest BCUT2D eigenvalue weighted by atomic mass is 16.5. The highest BCUT2D eigenvalue weighted by Crippen LogP contribution is 2.00. The Kier molecular flexibility index (Phi) is 5.28. The quantitative estimate of drug-likeness (QED) is 0.481. The molecule has 6 nitrogen and oxygen atoms in total. The number of alkyl carbamates (subject to hydrolysis) is 1. The molecule has 1 rings (SSSR count). The Hall–Kier alpha value is -2.46. The van der Waals surface area contributed by atoms with Crippen molar-refractivity contribution in [3.63, 3.8) is 0 Å². The molecular weight excluding hydrogens is 234 g/mol. The van der Waals surface area contributed by atoms with Crippen LogP contribution in [0.5, 0.6) is 0 Å². The van der Waals surface area contributed by atoms with E-state index in [1.807, 2.05) is 30.3 Å². The molecule has 1 amide bonds. The van der Waals surface area contributed by atoms with Gasteiger partial charge in [-0.2, -0.15) is 4.79 Å². The Labute approximate surface area is 104 Å². The summed E-state index contributed by atoms with van der Waals surface area (Å²) in [6.07, 6.45) is 0.0216. The van der Waals surface area contributed by atoms with Gasteiger partial charge in [0.05, 0.1) is 6.04 Å². The molecule has 6 heteroatoms. The van der Waals surface area contributed by atoms with Crippen LogP contribution in [0.4, 0.5) is 4.79 Å². The zero-order valence-electron chi connectivity index (χ0n) is 9.87. The van der Waals surface area contributed by atoms with Crippen LogP contribution in [0.2, 0.25) is 0 Å². The third-order valence-electron chi connectivity index (χ3n) is 2.16. The largest absolute Gasteiger partial charge is 0.445 e. The lowest BCUT2D eigenvalue weighted by Crippen LogP contribution is -2.39. The third kappa shape index (κ3) is 4.59. The molecule has 0 bridgehead atoms. The van der Waals surface area contributed by atoms with Crippen LogP contribution in [0, 0.1) is 0 Å². The smallest absolute Gasteiger partial charge is 0.408 e. The number of carbonyl (C=O) groups excluding carboxylic acids is 2. The second-order valence-electron chi connectivity index (χ2n) is 3.57. The van der Waals surface area contributed by atoms with E-state index >= 15 is 0 Å². The number of benzene rings is 1. The van der Waals surface area contributed by atoms with Gasteiger partial charge in [-0.1, -0.05) is 30.3 Å². The molecule has 1 aromatic rings. The Bertz CT molecular complexity index is 467. The molecule has 0 aliphatic heterocycles. The minimum atomic E-state index is -0.802. The number of ketones is 1. The molecule has 0 heterocycles.